The molecular weight excluding hydrogens is 256 g/mol. The van der Waals surface area contributed by atoms with Crippen molar-refractivity contribution in [3.8, 4) is 0 Å². The smallest absolute Gasteiger partial charge is 0.321 e. The van der Waals surface area contributed by atoms with E-state index in [0.717, 1.165) is 37.9 Å². The number of thiophene rings is 1. The summed E-state index contributed by atoms with van der Waals surface area (Å²) in [4.78, 5) is 14.4. The summed E-state index contributed by atoms with van der Waals surface area (Å²) in [6, 6.07) is 0.490. The summed E-state index contributed by atoms with van der Waals surface area (Å²) in [6.07, 6.45) is 6.76. The molecule has 0 fully saturated rings. The zero-order valence-electron chi connectivity index (χ0n) is 11.9. The fourth-order valence-electron chi connectivity index (χ4n) is 2.73. The van der Waals surface area contributed by atoms with E-state index in [1.54, 1.807) is 11.3 Å². The first kappa shape index (κ1) is 14.4. The number of hydrogen-bond donors (Lipinski definition) is 1. The maximum atomic E-state index is 12.4. The molecule has 2 amide bonds. The molecule has 0 radical (unpaired) electrons. The van der Waals surface area contributed by atoms with E-state index in [1.807, 2.05) is 5.38 Å². The van der Waals surface area contributed by atoms with Crippen molar-refractivity contribution in [1.29, 1.82) is 0 Å². The molecule has 0 spiro atoms. The summed E-state index contributed by atoms with van der Waals surface area (Å²) < 4.78 is 0. The average molecular weight is 280 g/mol. The Morgan fingerprint density at radius 1 is 1.32 bits per heavy atom. The quantitative estimate of drug-likeness (QED) is 0.817. The van der Waals surface area contributed by atoms with Gasteiger partial charge >= 0.3 is 6.03 Å². The molecule has 1 aliphatic heterocycles. The molecule has 19 heavy (non-hydrogen) atoms. The van der Waals surface area contributed by atoms with Gasteiger partial charge in [0.15, 0.2) is 0 Å². The van der Waals surface area contributed by atoms with Crippen LogP contribution in [-0.2, 0) is 6.42 Å². The van der Waals surface area contributed by atoms with Crippen LogP contribution in [-0.4, -0.2) is 23.5 Å². The van der Waals surface area contributed by atoms with Crippen molar-refractivity contribution in [1.82, 2.24) is 4.90 Å². The summed E-state index contributed by atoms with van der Waals surface area (Å²) in [5.41, 5.74) is 2.30. The zero-order chi connectivity index (χ0) is 13.7. The highest BCUT2D eigenvalue weighted by Gasteiger charge is 2.26. The predicted molar refractivity (Wildman–Crippen MR) is 82.0 cm³/mol. The number of nitrogens with one attached hydrogen (secondary N) is 1. The van der Waals surface area contributed by atoms with E-state index >= 15 is 0 Å². The number of amides is 2. The summed E-state index contributed by atoms with van der Waals surface area (Å²) in [6.45, 7) is 5.26. The Hall–Kier alpha value is -1.03. The molecule has 2 heterocycles. The highest BCUT2D eigenvalue weighted by Crippen LogP contribution is 2.26. The van der Waals surface area contributed by atoms with Crippen LogP contribution < -0.4 is 5.32 Å². The number of carbonyl (C=O) groups excluding carboxylic acids is 1. The minimum Gasteiger partial charge on any atom is -0.321 e. The number of carbonyl (C=O) groups is 1. The fourth-order valence-corrected chi connectivity index (χ4v) is 3.56. The molecule has 106 valence electrons. The molecule has 3 nitrogen and oxygen atoms in total. The molecule has 0 bridgehead atoms. The van der Waals surface area contributed by atoms with Gasteiger partial charge in [-0.1, -0.05) is 33.1 Å². The van der Waals surface area contributed by atoms with E-state index in [9.17, 15) is 4.79 Å². The molecule has 1 N–H and O–H groups in total. The van der Waals surface area contributed by atoms with Crippen LogP contribution in [0.25, 0.3) is 0 Å². The number of rotatable bonds is 6. The lowest BCUT2D eigenvalue weighted by molar-refractivity contribution is 0.179. The second-order valence-corrected chi connectivity index (χ2v) is 6.01. The highest BCUT2D eigenvalue weighted by atomic mass is 32.1. The van der Waals surface area contributed by atoms with Crippen molar-refractivity contribution in [2.75, 3.05) is 11.9 Å². The van der Waals surface area contributed by atoms with E-state index in [1.165, 1.54) is 18.4 Å². The second-order valence-electron chi connectivity index (χ2n) is 5.27. The Morgan fingerprint density at radius 3 is 2.89 bits per heavy atom. The molecular formula is C15H24N2OS. The van der Waals surface area contributed by atoms with E-state index in [4.69, 9.17) is 0 Å². The third kappa shape index (κ3) is 3.50. The van der Waals surface area contributed by atoms with Crippen LogP contribution in [0, 0.1) is 0 Å². The van der Waals surface area contributed by atoms with Crippen molar-refractivity contribution in [2.24, 2.45) is 0 Å². The van der Waals surface area contributed by atoms with Crippen molar-refractivity contribution >= 4 is 23.1 Å². The van der Waals surface area contributed by atoms with Crippen LogP contribution in [0.3, 0.4) is 0 Å². The number of urea groups is 1. The zero-order valence-corrected chi connectivity index (χ0v) is 12.8. The fraction of sp³-hybridized carbons (Fsp3) is 0.667. The molecule has 1 aromatic rings. The minimum absolute atomic E-state index is 0.0895. The standard InChI is InChI=1S/C15H24N2OS/c1-3-5-7-13(6-4-2)17-9-8-12-10-19-11-14(12)16-15(17)18/h10-11,13H,3-9H2,1-2H3,(H,16,18). The summed E-state index contributed by atoms with van der Waals surface area (Å²) in [5, 5.41) is 7.26. The number of nitrogens with zero attached hydrogens (tertiary/aromatic N) is 1. The Morgan fingerprint density at radius 2 is 2.16 bits per heavy atom. The van der Waals surface area contributed by atoms with Gasteiger partial charge in [-0.15, -0.1) is 11.3 Å². The lowest BCUT2D eigenvalue weighted by atomic mass is 10.0. The third-order valence-electron chi connectivity index (χ3n) is 3.82. The van der Waals surface area contributed by atoms with Gasteiger partial charge in [0.1, 0.15) is 0 Å². The third-order valence-corrected chi connectivity index (χ3v) is 4.61. The number of anilines is 1. The first-order valence-corrected chi connectivity index (χ1v) is 8.33. The Bertz CT molecular complexity index is 416. The Labute approximate surface area is 120 Å². The van der Waals surface area contributed by atoms with Gasteiger partial charge in [-0.05, 0) is 30.2 Å². The van der Waals surface area contributed by atoms with Gasteiger partial charge in [0.25, 0.3) is 0 Å². The first-order chi connectivity index (χ1) is 9.26. The molecule has 0 aliphatic carbocycles. The van der Waals surface area contributed by atoms with Gasteiger partial charge < -0.3 is 10.2 Å². The van der Waals surface area contributed by atoms with Crippen LogP contribution in [0.5, 0.6) is 0 Å². The van der Waals surface area contributed by atoms with E-state index in [2.05, 4.69) is 29.4 Å². The maximum Gasteiger partial charge on any atom is 0.322 e. The summed E-state index contributed by atoms with van der Waals surface area (Å²) >= 11 is 1.67. The lowest BCUT2D eigenvalue weighted by Crippen LogP contribution is -2.42. The molecule has 0 saturated heterocycles. The van der Waals surface area contributed by atoms with E-state index in [0.29, 0.717) is 6.04 Å². The van der Waals surface area contributed by atoms with Gasteiger partial charge in [0.2, 0.25) is 0 Å². The number of hydrogen-bond acceptors (Lipinski definition) is 2. The van der Waals surface area contributed by atoms with Crippen LogP contribution in [0.15, 0.2) is 10.8 Å². The molecule has 1 atom stereocenters. The van der Waals surface area contributed by atoms with Crippen molar-refractivity contribution in [3.63, 3.8) is 0 Å². The number of fused-ring (bicyclic) bond motifs is 1. The lowest BCUT2D eigenvalue weighted by Gasteiger charge is -2.30. The SMILES string of the molecule is CCCCC(CCC)N1CCc2cscc2NC1=O. The van der Waals surface area contributed by atoms with Gasteiger partial charge in [0, 0.05) is 18.0 Å². The molecule has 1 unspecified atom stereocenters. The monoisotopic (exact) mass is 280 g/mol. The number of unbranched alkanes of at least 4 members (excludes halogenated alkanes) is 1. The van der Waals surface area contributed by atoms with Crippen LogP contribution in [0.1, 0.15) is 51.5 Å². The van der Waals surface area contributed by atoms with Gasteiger partial charge in [-0.25, -0.2) is 4.79 Å². The van der Waals surface area contributed by atoms with Crippen molar-refractivity contribution in [3.05, 3.63) is 16.3 Å². The molecule has 0 aromatic carbocycles. The average Bonchev–Trinajstić information content (AvgIpc) is 2.77. The summed E-state index contributed by atoms with van der Waals surface area (Å²) in [7, 11) is 0. The summed E-state index contributed by atoms with van der Waals surface area (Å²) in [5.74, 6) is 0. The van der Waals surface area contributed by atoms with Gasteiger partial charge in [-0.3, -0.25) is 0 Å². The predicted octanol–water partition coefficient (Wildman–Crippen LogP) is 4.50. The van der Waals surface area contributed by atoms with Crippen molar-refractivity contribution < 1.29 is 4.79 Å². The van der Waals surface area contributed by atoms with Gasteiger partial charge in [-0.2, -0.15) is 0 Å². The van der Waals surface area contributed by atoms with Crippen molar-refractivity contribution in [2.45, 2.75) is 58.4 Å². The molecule has 1 aliphatic rings. The van der Waals surface area contributed by atoms with Gasteiger partial charge in [0.05, 0.1) is 5.69 Å². The van der Waals surface area contributed by atoms with Crippen LogP contribution in [0.2, 0.25) is 0 Å². The first-order valence-electron chi connectivity index (χ1n) is 7.39. The Kier molecular flexibility index (Phi) is 5.25. The maximum absolute atomic E-state index is 12.4. The van der Waals surface area contributed by atoms with Crippen LogP contribution in [0.4, 0.5) is 10.5 Å². The van der Waals surface area contributed by atoms with E-state index < -0.39 is 0 Å². The largest absolute Gasteiger partial charge is 0.322 e. The normalized spacial score (nSPS) is 16.7. The van der Waals surface area contributed by atoms with Crippen LogP contribution >= 0.6 is 11.3 Å². The van der Waals surface area contributed by atoms with E-state index in [-0.39, 0.29) is 6.03 Å². The molecule has 1 aromatic heterocycles. The topological polar surface area (TPSA) is 32.3 Å². The highest BCUT2D eigenvalue weighted by molar-refractivity contribution is 7.08. The molecule has 4 heteroatoms. The molecule has 0 saturated carbocycles. The molecule has 2 rings (SSSR count). The minimum atomic E-state index is 0.0895. The Balaban J connectivity index is 2.06. The second kappa shape index (κ2) is 6.94.